The molecule has 1 aromatic carbocycles. The lowest BCUT2D eigenvalue weighted by Gasteiger charge is -2.20. The molecule has 1 atom stereocenters. The molecule has 1 aliphatic rings. The molecule has 1 aromatic heterocycles. The van der Waals surface area contributed by atoms with Crippen LogP contribution in [0.25, 0.3) is 0 Å². The molecule has 8 heteroatoms. The molecule has 0 saturated heterocycles. The molecule has 174 valence electrons. The van der Waals surface area contributed by atoms with Crippen molar-refractivity contribution in [3.63, 3.8) is 0 Å². The minimum atomic E-state index is -0.568. The molecule has 1 unspecified atom stereocenters. The number of aromatic nitrogens is 2. The molecule has 0 aliphatic heterocycles. The van der Waals surface area contributed by atoms with E-state index in [4.69, 9.17) is 4.74 Å². The number of nitrogens with one attached hydrogen (secondary N) is 2. The quantitative estimate of drug-likeness (QED) is 0.515. The van der Waals surface area contributed by atoms with Gasteiger partial charge in [0.15, 0.2) is 17.4 Å². The molecule has 0 radical (unpaired) electrons. The summed E-state index contributed by atoms with van der Waals surface area (Å²) >= 11 is 0. The van der Waals surface area contributed by atoms with E-state index in [0.717, 1.165) is 29.8 Å². The Morgan fingerprint density at radius 2 is 2.15 bits per heavy atom. The van der Waals surface area contributed by atoms with E-state index in [0.29, 0.717) is 18.6 Å². The number of carbonyl (C=O) groups excluding carboxylic acids is 1. The van der Waals surface area contributed by atoms with Gasteiger partial charge < -0.3 is 20.3 Å². The van der Waals surface area contributed by atoms with Gasteiger partial charge in [-0.2, -0.15) is 4.98 Å². The summed E-state index contributed by atoms with van der Waals surface area (Å²) in [7, 11) is 3.97. The van der Waals surface area contributed by atoms with Gasteiger partial charge in [-0.1, -0.05) is 29.9 Å². The topological polar surface area (TPSA) is 79.4 Å². The fourth-order valence-electron chi connectivity index (χ4n) is 3.16. The summed E-state index contributed by atoms with van der Waals surface area (Å²) in [5.74, 6) is 0.428. The van der Waals surface area contributed by atoms with Crippen LogP contribution < -0.4 is 15.4 Å². The van der Waals surface area contributed by atoms with Crippen LogP contribution in [-0.4, -0.2) is 53.9 Å². The summed E-state index contributed by atoms with van der Waals surface area (Å²) in [5.41, 5.74) is 2.32. The second-order valence-corrected chi connectivity index (χ2v) is 8.31. The van der Waals surface area contributed by atoms with Gasteiger partial charge in [-0.15, -0.1) is 0 Å². The van der Waals surface area contributed by atoms with Gasteiger partial charge in [0.1, 0.15) is 12.4 Å². The van der Waals surface area contributed by atoms with Crippen molar-refractivity contribution < 1.29 is 13.9 Å². The molecule has 0 bridgehead atoms. The van der Waals surface area contributed by atoms with E-state index in [1.165, 1.54) is 0 Å². The predicted molar refractivity (Wildman–Crippen MR) is 129 cm³/mol. The largest absolute Gasteiger partial charge is 0.492 e. The average Bonchev–Trinajstić information content (AvgIpc) is 2.76. The summed E-state index contributed by atoms with van der Waals surface area (Å²) in [5, 5.41) is 6.15. The molecule has 2 N–H and O–H groups in total. The highest BCUT2D eigenvalue weighted by atomic mass is 19.1. The molecule has 0 saturated carbocycles. The Morgan fingerprint density at radius 1 is 1.33 bits per heavy atom. The van der Waals surface area contributed by atoms with Crippen LogP contribution in [0.4, 0.5) is 21.8 Å². The number of ketones is 1. The van der Waals surface area contributed by atoms with Crippen LogP contribution in [0.3, 0.4) is 0 Å². The van der Waals surface area contributed by atoms with Crippen molar-refractivity contribution in [2.75, 3.05) is 37.9 Å². The van der Waals surface area contributed by atoms with Crippen molar-refractivity contribution in [2.24, 2.45) is 0 Å². The van der Waals surface area contributed by atoms with E-state index in [1.807, 2.05) is 63.2 Å². The minimum Gasteiger partial charge on any atom is -0.492 e. The van der Waals surface area contributed by atoms with Crippen molar-refractivity contribution >= 4 is 23.2 Å². The Morgan fingerprint density at radius 3 is 2.91 bits per heavy atom. The first-order valence-electron chi connectivity index (χ1n) is 10.8. The summed E-state index contributed by atoms with van der Waals surface area (Å²) < 4.78 is 20.2. The SMILES string of the molecule is CC(C)=CC(=O)C1=CC=CC(Nc2nc(Nc3cccc(OCCN(C)C)c3)ncc2F)C1. The molecule has 3 rings (SSSR count). The van der Waals surface area contributed by atoms with Crippen molar-refractivity contribution in [2.45, 2.75) is 26.3 Å². The van der Waals surface area contributed by atoms with Gasteiger partial charge in [0.25, 0.3) is 0 Å². The lowest BCUT2D eigenvalue weighted by atomic mass is 9.96. The molecule has 0 spiro atoms. The number of hydrogen-bond acceptors (Lipinski definition) is 7. The number of likely N-dealkylation sites (N-methyl/N-ethyl adjacent to an activating group) is 1. The number of benzene rings is 1. The van der Waals surface area contributed by atoms with Crippen LogP contribution in [0.2, 0.25) is 0 Å². The molecule has 33 heavy (non-hydrogen) atoms. The molecule has 1 heterocycles. The molecular formula is C25H30FN5O2. The van der Waals surface area contributed by atoms with E-state index in [1.54, 1.807) is 18.2 Å². The van der Waals surface area contributed by atoms with E-state index in [-0.39, 0.29) is 23.6 Å². The average molecular weight is 452 g/mol. The fraction of sp³-hybridized carbons (Fsp3) is 0.320. The van der Waals surface area contributed by atoms with Crippen molar-refractivity contribution in [3.8, 4) is 5.75 Å². The van der Waals surface area contributed by atoms with E-state index < -0.39 is 5.82 Å². The Labute approximate surface area is 194 Å². The van der Waals surface area contributed by atoms with Crippen molar-refractivity contribution in [1.82, 2.24) is 14.9 Å². The number of anilines is 3. The van der Waals surface area contributed by atoms with Crippen LogP contribution in [-0.2, 0) is 4.79 Å². The Balaban J connectivity index is 1.66. The number of carbonyl (C=O) groups is 1. The Kier molecular flexibility index (Phi) is 8.32. The third-order valence-corrected chi connectivity index (χ3v) is 4.78. The van der Waals surface area contributed by atoms with Gasteiger partial charge >= 0.3 is 0 Å². The van der Waals surface area contributed by atoms with E-state index in [9.17, 15) is 9.18 Å². The summed E-state index contributed by atoms with van der Waals surface area (Å²) in [6.07, 6.45) is 8.63. The molecule has 0 fully saturated rings. The molecule has 2 aromatic rings. The fourth-order valence-corrected chi connectivity index (χ4v) is 3.16. The number of hydrogen-bond donors (Lipinski definition) is 2. The van der Waals surface area contributed by atoms with Crippen molar-refractivity contribution in [3.05, 3.63) is 71.7 Å². The highest BCUT2D eigenvalue weighted by Crippen LogP contribution is 2.23. The number of halogens is 1. The summed E-state index contributed by atoms with van der Waals surface area (Å²) in [6.45, 7) is 5.13. The number of rotatable bonds is 10. The first-order valence-corrected chi connectivity index (χ1v) is 10.8. The number of ether oxygens (including phenoxy) is 1. The normalized spacial score (nSPS) is 15.1. The van der Waals surface area contributed by atoms with Crippen LogP contribution >= 0.6 is 0 Å². The van der Waals surface area contributed by atoms with Gasteiger partial charge in [-0.05, 0) is 46.2 Å². The molecule has 7 nitrogen and oxygen atoms in total. The maximum absolute atomic E-state index is 14.4. The zero-order valence-electron chi connectivity index (χ0n) is 19.4. The van der Waals surface area contributed by atoms with Gasteiger partial charge in [0, 0.05) is 30.3 Å². The standard InChI is InChI=1S/C25H30FN5O2/c1-17(2)13-23(32)18-7-5-8-19(14-18)28-24-22(26)16-27-25(30-24)29-20-9-6-10-21(15-20)33-12-11-31(3)4/h5-10,13,15-16,19H,11-12,14H2,1-4H3,(H2,27,28,29,30). The predicted octanol–water partition coefficient (Wildman–Crippen LogP) is 4.50. The van der Waals surface area contributed by atoms with Gasteiger partial charge in [0.2, 0.25) is 5.95 Å². The van der Waals surface area contributed by atoms with Gasteiger partial charge in [-0.25, -0.2) is 9.37 Å². The maximum atomic E-state index is 14.4. The van der Waals surface area contributed by atoms with E-state index in [2.05, 4.69) is 20.6 Å². The monoisotopic (exact) mass is 451 g/mol. The Hall–Kier alpha value is -3.52. The molecule has 0 amide bonds. The minimum absolute atomic E-state index is 0.0376. The second kappa shape index (κ2) is 11.4. The van der Waals surface area contributed by atoms with Crippen LogP contribution in [0.5, 0.6) is 5.75 Å². The Bertz CT molecular complexity index is 1070. The second-order valence-electron chi connectivity index (χ2n) is 8.31. The zero-order valence-corrected chi connectivity index (χ0v) is 19.4. The first kappa shape index (κ1) is 24.1. The van der Waals surface area contributed by atoms with Gasteiger partial charge in [0.05, 0.1) is 12.2 Å². The smallest absolute Gasteiger partial charge is 0.229 e. The highest BCUT2D eigenvalue weighted by molar-refractivity contribution is 6.04. The third kappa shape index (κ3) is 7.54. The van der Waals surface area contributed by atoms with Crippen LogP contribution in [0.1, 0.15) is 20.3 Å². The molecular weight excluding hydrogens is 421 g/mol. The van der Waals surface area contributed by atoms with Gasteiger partial charge in [-0.3, -0.25) is 4.79 Å². The lowest BCUT2D eigenvalue weighted by molar-refractivity contribution is -0.111. The summed E-state index contributed by atoms with van der Waals surface area (Å²) in [6, 6.07) is 7.17. The third-order valence-electron chi connectivity index (χ3n) is 4.78. The maximum Gasteiger partial charge on any atom is 0.229 e. The molecule has 1 aliphatic carbocycles. The highest BCUT2D eigenvalue weighted by Gasteiger charge is 2.18. The van der Waals surface area contributed by atoms with E-state index >= 15 is 0 Å². The zero-order chi connectivity index (χ0) is 23.8. The number of allylic oxidation sites excluding steroid dienone is 4. The van der Waals surface area contributed by atoms with Crippen molar-refractivity contribution in [1.29, 1.82) is 0 Å². The van der Waals surface area contributed by atoms with Crippen LogP contribution in [0, 0.1) is 5.82 Å². The summed E-state index contributed by atoms with van der Waals surface area (Å²) in [4.78, 5) is 22.7. The van der Waals surface area contributed by atoms with Crippen LogP contribution in [0.15, 0.2) is 65.9 Å². The number of nitrogens with zero attached hydrogens (tertiary/aromatic N) is 3. The lowest BCUT2D eigenvalue weighted by Crippen LogP contribution is -2.23. The first-order chi connectivity index (χ1) is 15.8.